The van der Waals surface area contributed by atoms with E-state index in [0.717, 1.165) is 32.9 Å². The first-order valence-corrected chi connectivity index (χ1v) is 9.08. The Morgan fingerprint density at radius 2 is 2.16 bits per heavy atom. The van der Waals surface area contributed by atoms with Crippen LogP contribution in [0, 0.1) is 5.82 Å². The fourth-order valence-corrected chi connectivity index (χ4v) is 4.20. The van der Waals surface area contributed by atoms with Crippen LogP contribution in [0.25, 0.3) is 10.2 Å². The predicted molar refractivity (Wildman–Crippen MR) is 98.1 cm³/mol. The number of benzene rings is 2. The highest BCUT2D eigenvalue weighted by molar-refractivity contribution is 7.22. The second kappa shape index (κ2) is 6.44. The number of nitrogens with zero attached hydrogens (tertiary/aromatic N) is 2. The quantitative estimate of drug-likeness (QED) is 0.744. The number of carbonyl (C=O) groups excluding carboxylic acids is 1. The van der Waals surface area contributed by atoms with Crippen LogP contribution < -0.4 is 5.32 Å². The summed E-state index contributed by atoms with van der Waals surface area (Å²) in [4.78, 5) is 18.2. The maximum absolute atomic E-state index is 13.7. The van der Waals surface area contributed by atoms with E-state index < -0.39 is 0 Å². The number of halogens is 1. The summed E-state index contributed by atoms with van der Waals surface area (Å²) in [5.41, 5.74) is 2.85. The summed E-state index contributed by atoms with van der Waals surface area (Å²) in [5, 5.41) is 4.34. The van der Waals surface area contributed by atoms with Gasteiger partial charge in [0.25, 0.3) is 0 Å². The number of anilines is 1. The minimum Gasteiger partial charge on any atom is -0.355 e. The number of fused-ring (bicyclic) bond motifs is 2. The van der Waals surface area contributed by atoms with Gasteiger partial charge in [0.2, 0.25) is 5.91 Å². The Hall–Kier alpha value is -2.47. The molecule has 1 aliphatic heterocycles. The molecule has 4 nitrogen and oxygen atoms in total. The predicted octanol–water partition coefficient (Wildman–Crippen LogP) is 4.34. The molecule has 1 amide bonds. The lowest BCUT2D eigenvalue weighted by Gasteiger charge is -2.19. The third-order valence-electron chi connectivity index (χ3n) is 4.57. The van der Waals surface area contributed by atoms with Crippen LogP contribution in [0.4, 0.5) is 9.52 Å². The smallest absolute Gasteiger partial charge is 0.219 e. The first kappa shape index (κ1) is 16.0. The summed E-state index contributed by atoms with van der Waals surface area (Å²) in [6, 6.07) is 12.8. The zero-order chi connectivity index (χ0) is 17.4. The minimum atomic E-state index is -0.275. The van der Waals surface area contributed by atoms with E-state index in [1.165, 1.54) is 12.1 Å². The van der Waals surface area contributed by atoms with Crippen molar-refractivity contribution >= 4 is 32.6 Å². The molecule has 0 saturated carbocycles. The molecule has 1 aliphatic rings. The molecule has 128 valence electrons. The minimum absolute atomic E-state index is 0.000474. The van der Waals surface area contributed by atoms with Crippen molar-refractivity contribution in [3.63, 3.8) is 0 Å². The lowest BCUT2D eigenvalue weighted by atomic mass is 9.99. The monoisotopic (exact) mass is 355 g/mol. The highest BCUT2D eigenvalue weighted by Crippen LogP contribution is 2.33. The van der Waals surface area contributed by atoms with Crippen LogP contribution in [0.1, 0.15) is 30.5 Å². The molecule has 0 aliphatic carbocycles. The van der Waals surface area contributed by atoms with E-state index in [4.69, 9.17) is 0 Å². The number of rotatable bonds is 2. The molecular formula is C19H18FN3OS. The van der Waals surface area contributed by atoms with Gasteiger partial charge in [-0.25, -0.2) is 9.37 Å². The molecule has 0 saturated heterocycles. The largest absolute Gasteiger partial charge is 0.355 e. The Bertz CT molecular complexity index is 906. The van der Waals surface area contributed by atoms with Crippen molar-refractivity contribution in [1.82, 2.24) is 9.88 Å². The number of amides is 1. The summed E-state index contributed by atoms with van der Waals surface area (Å²) in [6.07, 6.45) is 0.758. The van der Waals surface area contributed by atoms with E-state index in [1.54, 1.807) is 23.2 Å². The molecule has 1 unspecified atom stereocenters. The van der Waals surface area contributed by atoms with Gasteiger partial charge < -0.3 is 10.2 Å². The molecule has 1 N–H and O–H groups in total. The maximum Gasteiger partial charge on any atom is 0.219 e. The highest BCUT2D eigenvalue weighted by atomic mass is 32.1. The molecule has 2 heterocycles. The fourth-order valence-electron chi connectivity index (χ4n) is 3.28. The normalized spacial score (nSPS) is 17.2. The average molecular weight is 355 g/mol. The highest BCUT2D eigenvalue weighted by Gasteiger charge is 2.24. The average Bonchev–Trinajstić information content (AvgIpc) is 2.90. The van der Waals surface area contributed by atoms with E-state index in [2.05, 4.69) is 10.3 Å². The number of carbonyl (C=O) groups is 1. The Kier molecular flexibility index (Phi) is 4.13. The van der Waals surface area contributed by atoms with Crippen LogP contribution in [-0.2, 0) is 11.3 Å². The first-order valence-electron chi connectivity index (χ1n) is 8.26. The van der Waals surface area contributed by atoms with Crippen LogP contribution in [0.2, 0.25) is 0 Å². The number of hydrogen-bond donors (Lipinski definition) is 1. The van der Waals surface area contributed by atoms with E-state index in [-0.39, 0.29) is 17.8 Å². The number of aromatic nitrogens is 1. The molecule has 3 aromatic rings. The van der Waals surface area contributed by atoms with Crippen molar-refractivity contribution in [2.75, 3.05) is 11.9 Å². The van der Waals surface area contributed by atoms with E-state index >= 15 is 0 Å². The van der Waals surface area contributed by atoms with Crippen molar-refractivity contribution in [2.45, 2.75) is 25.9 Å². The third kappa shape index (κ3) is 3.22. The second-order valence-electron chi connectivity index (χ2n) is 6.26. The Balaban J connectivity index is 1.68. The SMILES string of the molecule is CC(=O)N1CCC(Nc2nc3ccccc3s2)c2ccc(F)cc2C1. The van der Waals surface area contributed by atoms with Gasteiger partial charge in [0, 0.05) is 20.0 Å². The lowest BCUT2D eigenvalue weighted by molar-refractivity contribution is -0.129. The summed E-state index contributed by atoms with van der Waals surface area (Å²) < 4.78 is 14.8. The van der Waals surface area contributed by atoms with Crippen molar-refractivity contribution < 1.29 is 9.18 Å². The summed E-state index contributed by atoms with van der Waals surface area (Å²) in [7, 11) is 0. The van der Waals surface area contributed by atoms with Gasteiger partial charge in [0.15, 0.2) is 5.13 Å². The van der Waals surface area contributed by atoms with Crippen molar-refractivity contribution in [2.24, 2.45) is 0 Å². The van der Waals surface area contributed by atoms with Crippen molar-refractivity contribution in [1.29, 1.82) is 0 Å². The van der Waals surface area contributed by atoms with Gasteiger partial charge in [-0.1, -0.05) is 29.5 Å². The molecule has 0 spiro atoms. The van der Waals surface area contributed by atoms with Crippen LogP contribution in [0.3, 0.4) is 0 Å². The van der Waals surface area contributed by atoms with Gasteiger partial charge in [0.1, 0.15) is 5.82 Å². The van der Waals surface area contributed by atoms with Crippen molar-refractivity contribution in [3.8, 4) is 0 Å². The second-order valence-corrected chi connectivity index (χ2v) is 7.29. The fraction of sp³-hybridized carbons (Fsp3) is 0.263. The Labute approximate surface area is 149 Å². The summed E-state index contributed by atoms with van der Waals surface area (Å²) >= 11 is 1.61. The molecule has 0 fully saturated rings. The zero-order valence-electron chi connectivity index (χ0n) is 13.8. The summed E-state index contributed by atoms with van der Waals surface area (Å²) in [5.74, 6) is -0.265. The van der Waals surface area contributed by atoms with Gasteiger partial charge in [-0.15, -0.1) is 0 Å². The molecule has 2 aromatic carbocycles. The molecule has 4 rings (SSSR count). The van der Waals surface area contributed by atoms with Crippen LogP contribution in [0.5, 0.6) is 0 Å². The van der Waals surface area contributed by atoms with E-state index in [1.807, 2.05) is 30.3 Å². The van der Waals surface area contributed by atoms with Gasteiger partial charge in [0.05, 0.1) is 16.3 Å². The first-order chi connectivity index (χ1) is 12.1. The van der Waals surface area contributed by atoms with Crippen LogP contribution in [0.15, 0.2) is 42.5 Å². The van der Waals surface area contributed by atoms with Gasteiger partial charge >= 0.3 is 0 Å². The van der Waals surface area contributed by atoms with Gasteiger partial charge in [-0.05, 0) is 41.8 Å². The van der Waals surface area contributed by atoms with Gasteiger partial charge in [-0.2, -0.15) is 0 Å². The van der Waals surface area contributed by atoms with Crippen molar-refractivity contribution in [3.05, 3.63) is 59.4 Å². The van der Waals surface area contributed by atoms with Crippen LogP contribution in [-0.4, -0.2) is 22.3 Å². The summed E-state index contributed by atoms with van der Waals surface area (Å²) in [6.45, 7) is 2.63. The Morgan fingerprint density at radius 1 is 1.32 bits per heavy atom. The topological polar surface area (TPSA) is 45.2 Å². The molecule has 6 heteroatoms. The number of nitrogens with one attached hydrogen (secondary N) is 1. The molecular weight excluding hydrogens is 337 g/mol. The van der Waals surface area contributed by atoms with E-state index in [0.29, 0.717) is 13.1 Å². The Morgan fingerprint density at radius 3 is 2.96 bits per heavy atom. The number of para-hydroxylation sites is 1. The van der Waals surface area contributed by atoms with E-state index in [9.17, 15) is 9.18 Å². The van der Waals surface area contributed by atoms with Gasteiger partial charge in [-0.3, -0.25) is 4.79 Å². The molecule has 1 atom stereocenters. The third-order valence-corrected chi connectivity index (χ3v) is 5.53. The molecule has 0 bridgehead atoms. The number of hydrogen-bond acceptors (Lipinski definition) is 4. The van der Waals surface area contributed by atoms with Crippen LogP contribution >= 0.6 is 11.3 Å². The number of thiazole rings is 1. The molecule has 1 aromatic heterocycles. The lowest BCUT2D eigenvalue weighted by Crippen LogP contribution is -2.28. The maximum atomic E-state index is 13.7. The standard InChI is InChI=1S/C19H18FN3OS/c1-12(24)23-9-8-16(15-7-6-14(20)10-13(15)11-23)21-19-22-17-4-2-3-5-18(17)25-19/h2-7,10,16H,8-9,11H2,1H3,(H,21,22). The molecule has 25 heavy (non-hydrogen) atoms. The zero-order valence-corrected chi connectivity index (χ0v) is 14.6. The molecule has 0 radical (unpaired) electrons.